The Kier molecular flexibility index (Phi) is 3.20. The van der Waals surface area contributed by atoms with Gasteiger partial charge in [0.05, 0.1) is 12.7 Å². The normalized spacial score (nSPS) is 10.2. The molecule has 0 unspecified atom stereocenters. The Balaban J connectivity index is 2.53. The topological polar surface area (TPSA) is 81.0 Å². The number of nitrogens with zero attached hydrogens (tertiary/aromatic N) is 1. The van der Waals surface area contributed by atoms with Gasteiger partial charge in [0.1, 0.15) is 11.6 Å². The molecule has 0 amide bonds. The minimum absolute atomic E-state index is 0.175. The highest BCUT2D eigenvalue weighted by Gasteiger charge is 2.08. The van der Waals surface area contributed by atoms with Crippen molar-refractivity contribution in [1.29, 1.82) is 0 Å². The first-order chi connectivity index (χ1) is 8.26. The summed E-state index contributed by atoms with van der Waals surface area (Å²) >= 11 is 0. The van der Waals surface area contributed by atoms with Gasteiger partial charge in [-0.05, 0) is 12.1 Å². The van der Waals surface area contributed by atoms with E-state index in [4.69, 9.17) is 10.5 Å². The van der Waals surface area contributed by atoms with E-state index in [-0.39, 0.29) is 12.1 Å². The van der Waals surface area contributed by atoms with Crippen molar-refractivity contribution in [2.75, 3.05) is 7.11 Å². The van der Waals surface area contributed by atoms with Crippen LogP contribution in [0.4, 0.5) is 0 Å². The van der Waals surface area contributed by atoms with Crippen molar-refractivity contribution in [2.24, 2.45) is 5.73 Å². The zero-order chi connectivity index (χ0) is 12.3. The number of para-hydroxylation sites is 1. The van der Waals surface area contributed by atoms with E-state index in [1.165, 1.54) is 6.20 Å². The van der Waals surface area contributed by atoms with Crippen molar-refractivity contribution < 1.29 is 4.74 Å². The third kappa shape index (κ3) is 2.19. The van der Waals surface area contributed by atoms with Crippen LogP contribution < -0.4 is 16.0 Å². The molecule has 0 aliphatic carbocycles. The Hall–Kier alpha value is -2.14. The third-order valence-corrected chi connectivity index (χ3v) is 2.46. The van der Waals surface area contributed by atoms with E-state index in [1.807, 2.05) is 24.3 Å². The number of hydrogen-bond acceptors (Lipinski definition) is 4. The molecule has 3 N–H and O–H groups in total. The van der Waals surface area contributed by atoms with Crippen LogP contribution in [0.25, 0.3) is 11.4 Å². The van der Waals surface area contributed by atoms with Gasteiger partial charge in [-0.2, -0.15) is 0 Å². The van der Waals surface area contributed by atoms with Gasteiger partial charge in [-0.1, -0.05) is 12.1 Å². The summed E-state index contributed by atoms with van der Waals surface area (Å²) in [5.41, 5.74) is 6.40. The molecule has 0 radical (unpaired) electrons. The number of aromatic nitrogens is 2. The second-order valence-electron chi connectivity index (χ2n) is 3.49. The molecule has 88 valence electrons. The van der Waals surface area contributed by atoms with Gasteiger partial charge < -0.3 is 15.5 Å². The van der Waals surface area contributed by atoms with Gasteiger partial charge in [-0.25, -0.2) is 4.98 Å². The van der Waals surface area contributed by atoms with Crippen LogP contribution in [-0.4, -0.2) is 17.1 Å². The molecule has 17 heavy (non-hydrogen) atoms. The van der Waals surface area contributed by atoms with Crippen molar-refractivity contribution in [2.45, 2.75) is 6.54 Å². The standard InChI is InChI=1S/C12H13N3O2/c1-17-10-5-3-2-4-9(10)11-14-7-8(6-13)12(16)15-11/h2-5,7H,6,13H2,1H3,(H,14,15,16). The lowest BCUT2D eigenvalue weighted by Crippen LogP contribution is -2.17. The first kappa shape index (κ1) is 11.3. The number of benzene rings is 1. The Morgan fingerprint density at radius 3 is 2.82 bits per heavy atom. The maximum absolute atomic E-state index is 11.6. The monoisotopic (exact) mass is 231 g/mol. The molecule has 0 aliphatic heterocycles. The molecule has 1 heterocycles. The van der Waals surface area contributed by atoms with Gasteiger partial charge in [0.2, 0.25) is 0 Å². The first-order valence-corrected chi connectivity index (χ1v) is 5.18. The average molecular weight is 231 g/mol. The summed E-state index contributed by atoms with van der Waals surface area (Å²) in [6, 6.07) is 7.36. The Morgan fingerprint density at radius 2 is 2.18 bits per heavy atom. The summed E-state index contributed by atoms with van der Waals surface area (Å²) in [5.74, 6) is 1.14. The van der Waals surface area contributed by atoms with Crippen LogP contribution in [-0.2, 0) is 6.54 Å². The van der Waals surface area contributed by atoms with Crippen LogP contribution in [0.5, 0.6) is 5.75 Å². The van der Waals surface area contributed by atoms with E-state index in [0.717, 1.165) is 5.56 Å². The first-order valence-electron chi connectivity index (χ1n) is 5.18. The molecule has 0 atom stereocenters. The van der Waals surface area contributed by atoms with E-state index >= 15 is 0 Å². The fourth-order valence-corrected chi connectivity index (χ4v) is 1.54. The zero-order valence-corrected chi connectivity index (χ0v) is 9.43. The van der Waals surface area contributed by atoms with Gasteiger partial charge in [-0.15, -0.1) is 0 Å². The molecule has 0 spiro atoms. The molecular formula is C12H13N3O2. The maximum Gasteiger partial charge on any atom is 0.255 e. The van der Waals surface area contributed by atoms with Gasteiger partial charge in [0, 0.05) is 18.3 Å². The summed E-state index contributed by atoms with van der Waals surface area (Å²) in [7, 11) is 1.57. The van der Waals surface area contributed by atoms with Crippen LogP contribution >= 0.6 is 0 Å². The second kappa shape index (κ2) is 4.80. The molecule has 1 aromatic heterocycles. The molecule has 0 fully saturated rings. The molecule has 5 heteroatoms. The molecule has 0 saturated carbocycles. The fourth-order valence-electron chi connectivity index (χ4n) is 1.54. The number of methoxy groups -OCH3 is 1. The summed E-state index contributed by atoms with van der Waals surface area (Å²) in [6.45, 7) is 0.175. The molecule has 0 saturated heterocycles. The Labute approximate surface area is 98.3 Å². The second-order valence-corrected chi connectivity index (χ2v) is 3.49. The number of nitrogens with two attached hydrogens (primary N) is 1. The van der Waals surface area contributed by atoms with Crippen molar-refractivity contribution in [1.82, 2.24) is 9.97 Å². The molecule has 5 nitrogen and oxygen atoms in total. The third-order valence-electron chi connectivity index (χ3n) is 2.46. The maximum atomic E-state index is 11.6. The molecule has 2 aromatic rings. The summed E-state index contributed by atoms with van der Waals surface area (Å²) in [5, 5.41) is 0. The number of aromatic amines is 1. The van der Waals surface area contributed by atoms with E-state index in [0.29, 0.717) is 17.1 Å². The van der Waals surface area contributed by atoms with E-state index in [1.54, 1.807) is 7.11 Å². The van der Waals surface area contributed by atoms with Crippen LogP contribution in [0.2, 0.25) is 0 Å². The van der Waals surface area contributed by atoms with Crippen LogP contribution in [0, 0.1) is 0 Å². The number of ether oxygens (including phenoxy) is 1. The predicted octanol–water partition coefficient (Wildman–Crippen LogP) is 0.904. The minimum atomic E-state index is -0.219. The lowest BCUT2D eigenvalue weighted by Gasteiger charge is -2.07. The van der Waals surface area contributed by atoms with Crippen LogP contribution in [0.15, 0.2) is 35.3 Å². The molecule has 1 aromatic carbocycles. The summed E-state index contributed by atoms with van der Waals surface area (Å²) in [4.78, 5) is 18.5. The van der Waals surface area contributed by atoms with Crippen molar-refractivity contribution in [3.8, 4) is 17.1 Å². The highest BCUT2D eigenvalue weighted by molar-refractivity contribution is 5.63. The fraction of sp³-hybridized carbons (Fsp3) is 0.167. The SMILES string of the molecule is COc1ccccc1-c1ncc(CN)c(=O)[nH]1. The van der Waals surface area contributed by atoms with Gasteiger partial charge in [0.25, 0.3) is 5.56 Å². The highest BCUT2D eigenvalue weighted by atomic mass is 16.5. The largest absolute Gasteiger partial charge is 0.496 e. The predicted molar refractivity (Wildman–Crippen MR) is 64.7 cm³/mol. The molecule has 2 rings (SSSR count). The number of nitrogens with one attached hydrogen (secondary N) is 1. The Bertz CT molecular complexity index is 578. The lowest BCUT2D eigenvalue weighted by molar-refractivity contribution is 0.416. The molecule has 0 bridgehead atoms. The zero-order valence-electron chi connectivity index (χ0n) is 9.43. The summed E-state index contributed by atoms with van der Waals surface area (Å²) < 4.78 is 5.21. The number of rotatable bonds is 3. The lowest BCUT2D eigenvalue weighted by atomic mass is 10.2. The highest BCUT2D eigenvalue weighted by Crippen LogP contribution is 2.25. The van der Waals surface area contributed by atoms with Crippen molar-refractivity contribution >= 4 is 0 Å². The van der Waals surface area contributed by atoms with Gasteiger partial charge in [0.15, 0.2) is 0 Å². The van der Waals surface area contributed by atoms with E-state index < -0.39 is 0 Å². The van der Waals surface area contributed by atoms with Crippen molar-refractivity contribution in [3.05, 3.63) is 46.4 Å². The molecule has 0 aliphatic rings. The number of H-pyrrole nitrogens is 1. The van der Waals surface area contributed by atoms with Crippen LogP contribution in [0.1, 0.15) is 5.56 Å². The summed E-state index contributed by atoms with van der Waals surface area (Å²) in [6.07, 6.45) is 1.49. The average Bonchev–Trinajstić information content (AvgIpc) is 2.38. The quantitative estimate of drug-likeness (QED) is 0.822. The Morgan fingerprint density at radius 1 is 1.41 bits per heavy atom. The van der Waals surface area contributed by atoms with Gasteiger partial charge >= 0.3 is 0 Å². The molecular weight excluding hydrogens is 218 g/mol. The van der Waals surface area contributed by atoms with Crippen molar-refractivity contribution in [3.63, 3.8) is 0 Å². The van der Waals surface area contributed by atoms with Crippen LogP contribution in [0.3, 0.4) is 0 Å². The minimum Gasteiger partial charge on any atom is -0.496 e. The van der Waals surface area contributed by atoms with Gasteiger partial charge in [-0.3, -0.25) is 4.79 Å². The van der Waals surface area contributed by atoms with E-state index in [2.05, 4.69) is 9.97 Å². The smallest absolute Gasteiger partial charge is 0.255 e. The van der Waals surface area contributed by atoms with E-state index in [9.17, 15) is 4.79 Å². The number of hydrogen-bond donors (Lipinski definition) is 2.